The quantitative estimate of drug-likeness (QED) is 0.132. The van der Waals surface area contributed by atoms with Crippen molar-refractivity contribution in [1.29, 1.82) is 0 Å². The van der Waals surface area contributed by atoms with E-state index in [-0.39, 0.29) is 39.0 Å². The summed E-state index contributed by atoms with van der Waals surface area (Å²) in [6.45, 7) is -0.615. The Hall–Kier alpha value is -5.64. The number of thioether (sulfide) groups is 1. The van der Waals surface area contributed by atoms with Crippen LogP contribution in [0.5, 0.6) is 17.2 Å². The number of para-hydroxylation sites is 1. The molecule has 16 heteroatoms. The van der Waals surface area contributed by atoms with Crippen LogP contribution in [-0.4, -0.2) is 50.3 Å². The third-order valence-corrected chi connectivity index (χ3v) is 6.56. The lowest BCUT2D eigenvalue weighted by Crippen LogP contribution is -2.33. The summed E-state index contributed by atoms with van der Waals surface area (Å²) in [5.41, 5.74) is -1.22. The van der Waals surface area contributed by atoms with Gasteiger partial charge >= 0.3 is 5.69 Å². The molecule has 41 heavy (non-hydrogen) atoms. The zero-order valence-electron chi connectivity index (χ0n) is 20.7. The van der Waals surface area contributed by atoms with E-state index in [1.54, 1.807) is 0 Å². The molecule has 0 spiro atoms. The molecular weight excluding hydrogens is 564 g/mol. The van der Waals surface area contributed by atoms with Crippen LogP contribution in [0.3, 0.4) is 0 Å². The first-order chi connectivity index (χ1) is 19.5. The van der Waals surface area contributed by atoms with Crippen LogP contribution in [0.25, 0.3) is 6.08 Å². The van der Waals surface area contributed by atoms with E-state index in [1.807, 2.05) is 0 Å². The van der Waals surface area contributed by atoms with E-state index >= 15 is 0 Å². The van der Waals surface area contributed by atoms with Gasteiger partial charge in [0.05, 0.1) is 39.4 Å². The summed E-state index contributed by atoms with van der Waals surface area (Å²) in [5, 5.41) is 32.7. The summed E-state index contributed by atoms with van der Waals surface area (Å²) in [5.74, 6) is -1.76. The summed E-state index contributed by atoms with van der Waals surface area (Å²) in [6, 6.07) is 12.0. The van der Waals surface area contributed by atoms with Crippen LogP contribution < -0.4 is 9.47 Å². The van der Waals surface area contributed by atoms with Crippen molar-refractivity contribution in [2.24, 2.45) is 0 Å². The molecule has 208 valence electrons. The second-order valence-corrected chi connectivity index (χ2v) is 9.14. The smallest absolute Gasteiger partial charge is 0.318 e. The van der Waals surface area contributed by atoms with Gasteiger partial charge in [0.25, 0.3) is 22.5 Å². The SMILES string of the molecule is COc1cccc(/C=C2/SC(=O)N(CC(=O)c3ccc([N+](=O)[O-])cc3)C2=O)c1Oc1ccc([N+](=O)[O-])cc1[N+](=O)[O-]. The van der Waals surface area contributed by atoms with Crippen molar-refractivity contribution in [2.75, 3.05) is 13.7 Å². The molecule has 0 radical (unpaired) electrons. The fraction of sp³-hybridized carbons (Fsp3) is 0.0800. The minimum Gasteiger partial charge on any atom is -0.493 e. The molecule has 1 fully saturated rings. The van der Waals surface area contributed by atoms with Gasteiger partial charge < -0.3 is 9.47 Å². The van der Waals surface area contributed by atoms with Gasteiger partial charge in [-0.2, -0.15) is 0 Å². The number of nitro groups is 3. The first-order valence-electron chi connectivity index (χ1n) is 11.3. The number of rotatable bonds is 10. The highest BCUT2D eigenvalue weighted by Gasteiger charge is 2.37. The minimum absolute atomic E-state index is 0.0619. The molecule has 0 aromatic heterocycles. The van der Waals surface area contributed by atoms with Gasteiger partial charge in [-0.3, -0.25) is 49.6 Å². The molecule has 1 heterocycles. The number of ether oxygens (including phenoxy) is 2. The summed E-state index contributed by atoms with van der Waals surface area (Å²) >= 11 is 0.539. The number of hydrogen-bond acceptors (Lipinski definition) is 12. The van der Waals surface area contributed by atoms with Gasteiger partial charge in [0.2, 0.25) is 5.75 Å². The van der Waals surface area contributed by atoms with Crippen molar-refractivity contribution in [1.82, 2.24) is 4.90 Å². The van der Waals surface area contributed by atoms with Crippen molar-refractivity contribution in [2.45, 2.75) is 0 Å². The summed E-state index contributed by atoms with van der Waals surface area (Å²) < 4.78 is 11.0. The van der Waals surface area contributed by atoms with Crippen molar-refractivity contribution in [3.63, 3.8) is 0 Å². The third kappa shape index (κ3) is 6.01. The lowest BCUT2D eigenvalue weighted by molar-refractivity contribution is -0.394. The van der Waals surface area contributed by atoms with Crippen LogP contribution in [0, 0.1) is 30.3 Å². The molecule has 2 amide bonds. The number of non-ortho nitro benzene ring substituents is 2. The Labute approximate surface area is 233 Å². The molecule has 3 aromatic rings. The monoisotopic (exact) mass is 580 g/mol. The van der Waals surface area contributed by atoms with Crippen molar-refractivity contribution in [3.05, 3.63) is 107 Å². The number of carbonyl (C=O) groups excluding carboxylic acids is 3. The van der Waals surface area contributed by atoms with Crippen molar-refractivity contribution in [3.8, 4) is 17.2 Å². The number of nitrogens with zero attached hydrogens (tertiary/aromatic N) is 4. The number of imide groups is 1. The van der Waals surface area contributed by atoms with Crippen LogP contribution in [0.2, 0.25) is 0 Å². The number of methoxy groups -OCH3 is 1. The largest absolute Gasteiger partial charge is 0.493 e. The van der Waals surface area contributed by atoms with E-state index in [2.05, 4.69) is 0 Å². The maximum absolute atomic E-state index is 13.0. The number of hydrogen-bond donors (Lipinski definition) is 0. The zero-order valence-corrected chi connectivity index (χ0v) is 21.6. The first kappa shape index (κ1) is 28.4. The van der Waals surface area contributed by atoms with Gasteiger partial charge in [0, 0.05) is 29.3 Å². The number of benzene rings is 3. The topological polar surface area (TPSA) is 202 Å². The summed E-state index contributed by atoms with van der Waals surface area (Å²) in [7, 11) is 1.30. The van der Waals surface area contributed by atoms with Gasteiger partial charge in [0.1, 0.15) is 0 Å². The molecule has 1 saturated heterocycles. The lowest BCUT2D eigenvalue weighted by Gasteiger charge is -2.14. The average Bonchev–Trinajstić information content (AvgIpc) is 3.20. The van der Waals surface area contributed by atoms with Gasteiger partial charge in [-0.15, -0.1) is 0 Å². The molecule has 1 aliphatic heterocycles. The first-order valence-corrected chi connectivity index (χ1v) is 12.1. The van der Waals surface area contributed by atoms with E-state index in [1.165, 1.54) is 43.5 Å². The molecule has 4 rings (SSSR count). The van der Waals surface area contributed by atoms with Crippen molar-refractivity contribution >= 4 is 51.8 Å². The fourth-order valence-corrected chi connectivity index (χ4v) is 4.49. The summed E-state index contributed by atoms with van der Waals surface area (Å²) in [4.78, 5) is 70.1. The fourth-order valence-electron chi connectivity index (χ4n) is 3.66. The third-order valence-electron chi connectivity index (χ3n) is 5.65. The highest BCUT2D eigenvalue weighted by Crippen LogP contribution is 2.42. The second-order valence-electron chi connectivity index (χ2n) is 8.14. The number of amides is 2. The normalized spacial score (nSPS) is 13.8. The standard InChI is InChI=1S/C25H16N4O11S/c1-39-21-4-2-3-15(23(21)40-20-10-9-17(28(35)36)12-18(20)29(37)38)11-22-24(31)26(25(32)41-22)13-19(30)14-5-7-16(8-6-14)27(33)34/h2-12H,13H2,1H3/b22-11+. The molecule has 0 aliphatic carbocycles. The molecule has 0 atom stereocenters. The maximum Gasteiger partial charge on any atom is 0.318 e. The van der Waals surface area contributed by atoms with Gasteiger partial charge in [0.15, 0.2) is 17.3 Å². The van der Waals surface area contributed by atoms with Gasteiger partial charge in [-0.25, -0.2) is 0 Å². The molecule has 1 aliphatic rings. The molecule has 0 N–H and O–H groups in total. The van der Waals surface area contributed by atoms with Crippen molar-refractivity contribution < 1.29 is 38.6 Å². The Bertz CT molecular complexity index is 1650. The van der Waals surface area contributed by atoms with E-state index in [0.29, 0.717) is 16.7 Å². The predicted molar refractivity (Wildman–Crippen MR) is 143 cm³/mol. The van der Waals surface area contributed by atoms with Gasteiger partial charge in [-0.1, -0.05) is 12.1 Å². The molecule has 15 nitrogen and oxygen atoms in total. The highest BCUT2D eigenvalue weighted by atomic mass is 32.2. The highest BCUT2D eigenvalue weighted by molar-refractivity contribution is 8.18. The molecule has 0 unspecified atom stereocenters. The second kappa shape index (κ2) is 11.6. The van der Waals surface area contributed by atoms with E-state index in [9.17, 15) is 44.7 Å². The lowest BCUT2D eigenvalue weighted by atomic mass is 10.1. The average molecular weight is 580 g/mol. The predicted octanol–water partition coefficient (Wildman–Crippen LogP) is 5.13. The van der Waals surface area contributed by atoms with Crippen LogP contribution >= 0.6 is 11.8 Å². The molecule has 0 saturated carbocycles. The molecule has 0 bridgehead atoms. The van der Waals surface area contributed by atoms with Crippen LogP contribution in [0.4, 0.5) is 21.9 Å². The van der Waals surface area contributed by atoms with Gasteiger partial charge in [-0.05, 0) is 42.1 Å². The Morgan fingerprint density at radius 2 is 1.56 bits per heavy atom. The Kier molecular flexibility index (Phi) is 8.04. The Morgan fingerprint density at radius 1 is 0.902 bits per heavy atom. The Morgan fingerprint density at radius 3 is 2.17 bits per heavy atom. The Balaban J connectivity index is 1.63. The van der Waals surface area contributed by atoms with Crippen LogP contribution in [0.15, 0.2) is 65.6 Å². The number of ketones is 1. The maximum atomic E-state index is 13.0. The van der Waals surface area contributed by atoms with E-state index < -0.39 is 49.6 Å². The number of carbonyl (C=O) groups is 3. The summed E-state index contributed by atoms with van der Waals surface area (Å²) in [6.07, 6.45) is 1.27. The molecular formula is C25H16N4O11S. The number of Topliss-reactive ketones (excluding diaryl/α,β-unsaturated/α-hetero) is 1. The van der Waals surface area contributed by atoms with Crippen LogP contribution in [-0.2, 0) is 4.79 Å². The van der Waals surface area contributed by atoms with E-state index in [4.69, 9.17) is 9.47 Å². The number of nitro benzene ring substituents is 3. The minimum atomic E-state index is -0.856. The van der Waals surface area contributed by atoms with Crippen LogP contribution in [0.1, 0.15) is 15.9 Å². The molecule has 3 aromatic carbocycles. The zero-order chi connectivity index (χ0) is 29.8. The van der Waals surface area contributed by atoms with E-state index in [0.717, 1.165) is 30.3 Å².